The van der Waals surface area contributed by atoms with Crippen LogP contribution in [0.25, 0.3) is 0 Å². The third-order valence-electron chi connectivity index (χ3n) is 0.940. The summed E-state index contributed by atoms with van der Waals surface area (Å²) in [6.07, 6.45) is 0. The number of carbonyl (C=O) groups is 1. The molecule has 0 aromatic carbocycles. The number of aliphatic carboxylic acids is 1. The maximum absolute atomic E-state index is 9.88. The van der Waals surface area contributed by atoms with Gasteiger partial charge in [-0.1, -0.05) is 6.92 Å². The Labute approximate surface area is 59.4 Å². The second-order valence-corrected chi connectivity index (χ2v) is 2.20. The lowest BCUT2D eigenvalue weighted by Crippen LogP contribution is -2.14. The molecule has 2 N–H and O–H groups in total. The fraction of sp³-hybridized carbons (Fsp3) is 0.833. The van der Waals surface area contributed by atoms with Gasteiger partial charge < -0.3 is 14.9 Å². The summed E-state index contributed by atoms with van der Waals surface area (Å²) in [5, 5.41) is 16.6. The van der Waals surface area contributed by atoms with Crippen molar-refractivity contribution in [2.45, 2.75) is 6.92 Å². The van der Waals surface area contributed by atoms with Crippen LogP contribution in [0.3, 0.4) is 0 Å². The molecule has 1 unspecified atom stereocenters. The summed E-state index contributed by atoms with van der Waals surface area (Å²) in [6, 6.07) is 0. The Morgan fingerprint density at radius 2 is 2.30 bits per heavy atom. The fourth-order valence-electron chi connectivity index (χ4n) is 0.400. The predicted molar refractivity (Wildman–Crippen MR) is 34.7 cm³/mol. The van der Waals surface area contributed by atoms with Crippen molar-refractivity contribution in [3.05, 3.63) is 0 Å². The van der Waals surface area contributed by atoms with Gasteiger partial charge in [0.15, 0.2) is 0 Å². The Balaban J connectivity index is 3.11. The van der Waals surface area contributed by atoms with Crippen molar-refractivity contribution >= 4 is 5.97 Å². The van der Waals surface area contributed by atoms with Crippen LogP contribution >= 0.6 is 0 Å². The van der Waals surface area contributed by atoms with E-state index in [4.69, 9.17) is 10.2 Å². The van der Waals surface area contributed by atoms with E-state index in [0.717, 1.165) is 0 Å². The summed E-state index contributed by atoms with van der Waals surface area (Å²) >= 11 is 0. The lowest BCUT2D eigenvalue weighted by atomic mass is 10.2. The average Bonchev–Trinajstić information content (AvgIpc) is 1.87. The summed E-state index contributed by atoms with van der Waals surface area (Å²) in [5.41, 5.74) is 0. The molecule has 0 amide bonds. The number of rotatable bonds is 5. The van der Waals surface area contributed by atoms with Crippen LogP contribution in [0.1, 0.15) is 6.92 Å². The van der Waals surface area contributed by atoms with Crippen LogP contribution < -0.4 is 0 Å². The smallest absolute Gasteiger partial charge is 0.329 e. The Hall–Kier alpha value is -0.610. The van der Waals surface area contributed by atoms with Gasteiger partial charge in [-0.25, -0.2) is 4.79 Å². The summed E-state index contributed by atoms with van der Waals surface area (Å²) in [5.74, 6) is -0.968. The van der Waals surface area contributed by atoms with Gasteiger partial charge in [0.05, 0.1) is 6.61 Å². The number of ether oxygens (including phenoxy) is 1. The second kappa shape index (κ2) is 5.20. The van der Waals surface area contributed by atoms with Crippen molar-refractivity contribution in [3.63, 3.8) is 0 Å². The highest BCUT2D eigenvalue weighted by atomic mass is 16.5. The zero-order chi connectivity index (χ0) is 7.98. The van der Waals surface area contributed by atoms with Gasteiger partial charge in [-0.3, -0.25) is 0 Å². The highest BCUT2D eigenvalue weighted by Crippen LogP contribution is 1.92. The minimum absolute atomic E-state index is 0.0133. The van der Waals surface area contributed by atoms with Crippen LogP contribution in [0.4, 0.5) is 0 Å². The highest BCUT2D eigenvalue weighted by molar-refractivity contribution is 5.67. The van der Waals surface area contributed by atoms with Crippen molar-refractivity contribution in [1.29, 1.82) is 0 Å². The van der Waals surface area contributed by atoms with E-state index in [0.29, 0.717) is 6.61 Å². The molecule has 0 radical (unpaired) electrons. The SMILES string of the molecule is CC(CO)COCC(=O)O. The van der Waals surface area contributed by atoms with Crippen LogP contribution in [-0.2, 0) is 9.53 Å². The number of hydrogen-bond donors (Lipinski definition) is 2. The van der Waals surface area contributed by atoms with Crippen molar-refractivity contribution in [3.8, 4) is 0 Å². The van der Waals surface area contributed by atoms with Crippen LogP contribution in [-0.4, -0.2) is 36.0 Å². The van der Waals surface area contributed by atoms with Crippen LogP contribution in [0.5, 0.6) is 0 Å². The Bertz CT molecular complexity index is 102. The molecule has 0 aliphatic carbocycles. The summed E-state index contributed by atoms with van der Waals surface area (Å²) in [4.78, 5) is 9.88. The van der Waals surface area contributed by atoms with Crippen LogP contribution in [0.15, 0.2) is 0 Å². The quantitative estimate of drug-likeness (QED) is 0.562. The molecule has 60 valence electrons. The standard InChI is InChI=1S/C6H12O4/c1-5(2-7)3-10-4-6(8)9/h5,7H,2-4H2,1H3,(H,8,9). The molecule has 4 nitrogen and oxygen atoms in total. The molecular formula is C6H12O4. The minimum atomic E-state index is -0.981. The van der Waals surface area contributed by atoms with Gasteiger partial charge in [-0.15, -0.1) is 0 Å². The summed E-state index contributed by atoms with van der Waals surface area (Å²) < 4.78 is 4.69. The Morgan fingerprint density at radius 3 is 2.70 bits per heavy atom. The predicted octanol–water partition coefficient (Wildman–Crippen LogP) is -0.284. The van der Waals surface area contributed by atoms with Gasteiger partial charge in [0, 0.05) is 12.5 Å². The minimum Gasteiger partial charge on any atom is -0.480 e. The molecule has 0 aromatic rings. The van der Waals surface area contributed by atoms with Gasteiger partial charge >= 0.3 is 5.97 Å². The van der Waals surface area contributed by atoms with Crippen molar-refractivity contribution in [2.24, 2.45) is 5.92 Å². The third kappa shape index (κ3) is 5.53. The Morgan fingerprint density at radius 1 is 1.70 bits per heavy atom. The first-order valence-corrected chi connectivity index (χ1v) is 3.07. The lowest BCUT2D eigenvalue weighted by Gasteiger charge is -2.05. The molecule has 0 saturated carbocycles. The largest absolute Gasteiger partial charge is 0.480 e. The average molecular weight is 148 g/mol. The zero-order valence-corrected chi connectivity index (χ0v) is 5.91. The molecular weight excluding hydrogens is 136 g/mol. The number of carboxylic acids is 1. The molecule has 0 aliphatic heterocycles. The van der Waals surface area contributed by atoms with Crippen LogP contribution in [0, 0.1) is 5.92 Å². The zero-order valence-electron chi connectivity index (χ0n) is 5.91. The third-order valence-corrected chi connectivity index (χ3v) is 0.940. The normalized spacial score (nSPS) is 13.0. The van der Waals surface area contributed by atoms with E-state index in [1.807, 2.05) is 0 Å². The molecule has 0 fully saturated rings. The van der Waals surface area contributed by atoms with Gasteiger partial charge in [-0.2, -0.15) is 0 Å². The summed E-state index contributed by atoms with van der Waals surface area (Å²) in [7, 11) is 0. The van der Waals surface area contributed by atoms with E-state index in [1.165, 1.54) is 0 Å². The monoisotopic (exact) mass is 148 g/mol. The topological polar surface area (TPSA) is 66.8 Å². The summed E-state index contributed by atoms with van der Waals surface area (Å²) in [6.45, 7) is 1.81. The van der Waals surface area contributed by atoms with Gasteiger partial charge in [0.1, 0.15) is 6.61 Å². The van der Waals surface area contributed by atoms with E-state index in [1.54, 1.807) is 6.92 Å². The van der Waals surface area contributed by atoms with Crippen molar-refractivity contribution < 1.29 is 19.7 Å². The molecule has 0 spiro atoms. The molecule has 0 aromatic heterocycles. The second-order valence-electron chi connectivity index (χ2n) is 2.20. The van der Waals surface area contributed by atoms with Crippen molar-refractivity contribution in [1.82, 2.24) is 0 Å². The number of hydrogen-bond acceptors (Lipinski definition) is 3. The van der Waals surface area contributed by atoms with E-state index < -0.39 is 5.97 Å². The van der Waals surface area contributed by atoms with Crippen molar-refractivity contribution in [2.75, 3.05) is 19.8 Å². The van der Waals surface area contributed by atoms with Gasteiger partial charge in [0.25, 0.3) is 0 Å². The fourth-order valence-corrected chi connectivity index (χ4v) is 0.400. The van der Waals surface area contributed by atoms with E-state index in [2.05, 4.69) is 4.74 Å². The van der Waals surface area contributed by atoms with E-state index in [-0.39, 0.29) is 19.1 Å². The maximum atomic E-state index is 9.88. The molecule has 0 aliphatic rings. The highest BCUT2D eigenvalue weighted by Gasteiger charge is 2.01. The molecule has 10 heavy (non-hydrogen) atoms. The Kier molecular flexibility index (Phi) is 4.88. The van der Waals surface area contributed by atoms with Gasteiger partial charge in [0.2, 0.25) is 0 Å². The molecule has 0 rings (SSSR count). The van der Waals surface area contributed by atoms with Gasteiger partial charge in [-0.05, 0) is 0 Å². The maximum Gasteiger partial charge on any atom is 0.329 e. The molecule has 0 saturated heterocycles. The number of aliphatic hydroxyl groups is 1. The molecule has 4 heteroatoms. The van der Waals surface area contributed by atoms with Crippen LogP contribution in [0.2, 0.25) is 0 Å². The number of aliphatic hydroxyl groups excluding tert-OH is 1. The first-order valence-electron chi connectivity index (χ1n) is 3.07. The molecule has 0 heterocycles. The van der Waals surface area contributed by atoms with E-state index in [9.17, 15) is 4.79 Å². The first-order chi connectivity index (χ1) is 4.66. The number of carboxylic acid groups (broad SMARTS) is 1. The molecule has 0 bridgehead atoms. The first kappa shape index (κ1) is 9.39. The van der Waals surface area contributed by atoms with E-state index >= 15 is 0 Å². The lowest BCUT2D eigenvalue weighted by molar-refractivity contribution is -0.142. The molecule has 1 atom stereocenters.